The van der Waals surface area contributed by atoms with E-state index >= 15 is 0 Å². The van der Waals surface area contributed by atoms with Crippen molar-refractivity contribution in [3.63, 3.8) is 0 Å². The van der Waals surface area contributed by atoms with Crippen molar-refractivity contribution in [2.75, 3.05) is 12.4 Å². The molecule has 2 N–H and O–H groups in total. The summed E-state index contributed by atoms with van der Waals surface area (Å²) in [5.74, 6) is 0.608. The number of piperidine rings is 2. The second-order valence-electron chi connectivity index (χ2n) is 7.78. The summed E-state index contributed by atoms with van der Waals surface area (Å²) in [6.45, 7) is 0. The molecule has 2 fully saturated rings. The van der Waals surface area contributed by atoms with Gasteiger partial charge in [-0.2, -0.15) is 0 Å². The van der Waals surface area contributed by atoms with E-state index < -0.39 is 0 Å². The summed E-state index contributed by atoms with van der Waals surface area (Å²) in [5.41, 5.74) is 1.35. The Kier molecular flexibility index (Phi) is 5.69. The SMILES string of the molecule is COc1ccccc1NC(=O)N1[C@@H]2CCC[C@@H]1CC(NC(=O)c1ccccc1)C2. The number of para-hydroxylation sites is 2. The molecular formula is C23H27N3O3. The molecule has 152 valence electrons. The third kappa shape index (κ3) is 4.21. The molecule has 2 saturated heterocycles. The minimum atomic E-state index is -0.0861. The Labute approximate surface area is 171 Å². The van der Waals surface area contributed by atoms with Crippen molar-refractivity contribution in [1.82, 2.24) is 10.2 Å². The van der Waals surface area contributed by atoms with Gasteiger partial charge in [0, 0.05) is 23.7 Å². The number of hydrogen-bond acceptors (Lipinski definition) is 3. The molecular weight excluding hydrogens is 366 g/mol. The third-order valence-corrected chi connectivity index (χ3v) is 5.93. The molecule has 0 aliphatic carbocycles. The van der Waals surface area contributed by atoms with Crippen LogP contribution in [0, 0.1) is 0 Å². The highest BCUT2D eigenvalue weighted by atomic mass is 16.5. The van der Waals surface area contributed by atoms with Crippen molar-refractivity contribution < 1.29 is 14.3 Å². The Bertz CT molecular complexity index is 857. The van der Waals surface area contributed by atoms with Crippen LogP contribution in [0.4, 0.5) is 10.5 Å². The maximum absolute atomic E-state index is 13.1. The maximum atomic E-state index is 13.1. The standard InChI is InChI=1S/C23H27N3O3/c1-29-21-13-6-5-12-20(21)25-23(28)26-18-10-7-11-19(26)15-17(14-18)24-22(27)16-8-3-2-4-9-16/h2-6,8-9,12-13,17-19H,7,10-11,14-15H2,1H3,(H,24,27)(H,25,28)/t18-,19-/m1/s1. The van der Waals surface area contributed by atoms with Crippen LogP contribution < -0.4 is 15.4 Å². The Morgan fingerprint density at radius 3 is 2.31 bits per heavy atom. The fourth-order valence-electron chi connectivity index (χ4n) is 4.62. The second-order valence-corrected chi connectivity index (χ2v) is 7.78. The predicted octanol–water partition coefficient (Wildman–Crippen LogP) is 4.04. The quantitative estimate of drug-likeness (QED) is 0.823. The highest BCUT2D eigenvalue weighted by molar-refractivity contribution is 5.94. The molecule has 2 aromatic carbocycles. The first-order chi connectivity index (χ1) is 14.2. The molecule has 2 aliphatic rings. The van der Waals surface area contributed by atoms with E-state index in [1.165, 1.54) is 0 Å². The van der Waals surface area contributed by atoms with Crippen LogP contribution in [0.2, 0.25) is 0 Å². The van der Waals surface area contributed by atoms with E-state index in [-0.39, 0.29) is 30.1 Å². The Morgan fingerprint density at radius 1 is 0.966 bits per heavy atom. The van der Waals surface area contributed by atoms with Crippen molar-refractivity contribution in [2.24, 2.45) is 0 Å². The molecule has 0 aromatic heterocycles. The molecule has 2 atom stereocenters. The van der Waals surface area contributed by atoms with Crippen LogP contribution in [0.15, 0.2) is 54.6 Å². The Morgan fingerprint density at radius 2 is 1.62 bits per heavy atom. The number of hydrogen-bond donors (Lipinski definition) is 2. The number of anilines is 1. The van der Waals surface area contributed by atoms with Gasteiger partial charge in [-0.3, -0.25) is 4.79 Å². The van der Waals surface area contributed by atoms with Gasteiger partial charge in [-0.05, 0) is 56.4 Å². The number of methoxy groups -OCH3 is 1. The molecule has 29 heavy (non-hydrogen) atoms. The highest BCUT2D eigenvalue weighted by Gasteiger charge is 2.41. The van der Waals surface area contributed by atoms with Crippen molar-refractivity contribution >= 4 is 17.6 Å². The van der Waals surface area contributed by atoms with E-state index in [1.54, 1.807) is 7.11 Å². The number of urea groups is 1. The topological polar surface area (TPSA) is 70.7 Å². The van der Waals surface area contributed by atoms with Crippen molar-refractivity contribution in [3.8, 4) is 5.75 Å². The van der Waals surface area contributed by atoms with Gasteiger partial charge in [0.15, 0.2) is 0 Å². The first-order valence-electron chi connectivity index (χ1n) is 10.2. The Hall–Kier alpha value is -3.02. The fourth-order valence-corrected chi connectivity index (χ4v) is 4.62. The van der Waals surface area contributed by atoms with Crippen molar-refractivity contribution in [1.29, 1.82) is 0 Å². The van der Waals surface area contributed by atoms with Crippen LogP contribution in [0.1, 0.15) is 42.5 Å². The monoisotopic (exact) mass is 393 g/mol. The van der Waals surface area contributed by atoms with E-state index in [0.29, 0.717) is 17.0 Å². The molecule has 0 spiro atoms. The van der Waals surface area contributed by atoms with Gasteiger partial charge in [0.05, 0.1) is 12.8 Å². The minimum Gasteiger partial charge on any atom is -0.495 e. The average Bonchev–Trinajstić information content (AvgIpc) is 2.74. The number of nitrogens with zero attached hydrogens (tertiary/aromatic N) is 1. The molecule has 0 saturated carbocycles. The zero-order chi connectivity index (χ0) is 20.2. The van der Waals surface area contributed by atoms with Gasteiger partial charge in [0.2, 0.25) is 0 Å². The third-order valence-electron chi connectivity index (χ3n) is 5.93. The number of ether oxygens (including phenoxy) is 1. The number of carbonyl (C=O) groups excluding carboxylic acids is 2. The number of amides is 3. The zero-order valence-electron chi connectivity index (χ0n) is 16.6. The Balaban J connectivity index is 1.43. The van der Waals surface area contributed by atoms with Crippen LogP contribution >= 0.6 is 0 Å². The number of carbonyl (C=O) groups is 2. The van der Waals surface area contributed by atoms with Crippen LogP contribution in [0.5, 0.6) is 5.75 Å². The maximum Gasteiger partial charge on any atom is 0.322 e. The first-order valence-corrected chi connectivity index (χ1v) is 10.2. The van der Waals surface area contributed by atoms with E-state index in [0.717, 1.165) is 32.1 Å². The zero-order valence-corrected chi connectivity index (χ0v) is 16.6. The van der Waals surface area contributed by atoms with Gasteiger partial charge in [-0.1, -0.05) is 30.3 Å². The molecule has 2 heterocycles. The molecule has 4 rings (SSSR count). The molecule has 0 unspecified atom stereocenters. The summed E-state index contributed by atoms with van der Waals surface area (Å²) >= 11 is 0. The molecule has 3 amide bonds. The molecule has 6 heteroatoms. The molecule has 2 aliphatic heterocycles. The normalized spacial score (nSPS) is 23.2. The number of fused-ring (bicyclic) bond motifs is 2. The van der Waals surface area contributed by atoms with Gasteiger partial charge in [-0.25, -0.2) is 4.79 Å². The second kappa shape index (κ2) is 8.55. The lowest BCUT2D eigenvalue weighted by molar-refractivity contribution is 0.0576. The lowest BCUT2D eigenvalue weighted by Crippen LogP contribution is -2.59. The molecule has 2 bridgehead atoms. The average molecular weight is 393 g/mol. The van der Waals surface area contributed by atoms with Gasteiger partial charge >= 0.3 is 6.03 Å². The first kappa shape index (κ1) is 19.3. The van der Waals surface area contributed by atoms with E-state index in [4.69, 9.17) is 4.74 Å². The summed E-state index contributed by atoms with van der Waals surface area (Å²) in [4.78, 5) is 27.6. The number of nitrogens with one attached hydrogen (secondary N) is 2. The van der Waals surface area contributed by atoms with E-state index in [1.807, 2.05) is 59.5 Å². The molecule has 2 aromatic rings. The predicted molar refractivity (Wildman–Crippen MR) is 112 cm³/mol. The largest absolute Gasteiger partial charge is 0.495 e. The van der Waals surface area contributed by atoms with E-state index in [9.17, 15) is 9.59 Å². The van der Waals surface area contributed by atoms with Gasteiger partial charge in [-0.15, -0.1) is 0 Å². The summed E-state index contributed by atoms with van der Waals surface area (Å²) in [7, 11) is 1.60. The highest BCUT2D eigenvalue weighted by Crippen LogP contribution is 2.35. The van der Waals surface area contributed by atoms with Crippen LogP contribution in [-0.4, -0.2) is 42.1 Å². The van der Waals surface area contributed by atoms with Gasteiger partial charge in [0.25, 0.3) is 5.91 Å². The molecule has 6 nitrogen and oxygen atoms in total. The lowest BCUT2D eigenvalue weighted by atomic mass is 9.82. The van der Waals surface area contributed by atoms with Crippen LogP contribution in [-0.2, 0) is 0 Å². The van der Waals surface area contributed by atoms with Crippen molar-refractivity contribution in [3.05, 3.63) is 60.2 Å². The van der Waals surface area contributed by atoms with Gasteiger partial charge < -0.3 is 20.3 Å². The minimum absolute atomic E-state index is 0.0411. The number of rotatable bonds is 4. The summed E-state index contributed by atoms with van der Waals surface area (Å²) < 4.78 is 5.35. The van der Waals surface area contributed by atoms with Crippen molar-refractivity contribution in [2.45, 2.75) is 50.2 Å². The summed E-state index contributed by atoms with van der Waals surface area (Å²) in [6, 6.07) is 17.0. The van der Waals surface area contributed by atoms with Crippen LogP contribution in [0.25, 0.3) is 0 Å². The summed E-state index contributed by atoms with van der Waals surface area (Å²) in [5, 5.41) is 6.19. The summed E-state index contributed by atoms with van der Waals surface area (Å²) in [6.07, 6.45) is 4.62. The lowest BCUT2D eigenvalue weighted by Gasteiger charge is -2.48. The number of benzene rings is 2. The molecule has 0 radical (unpaired) electrons. The van der Waals surface area contributed by atoms with Crippen LogP contribution in [0.3, 0.4) is 0 Å². The smallest absolute Gasteiger partial charge is 0.322 e. The van der Waals surface area contributed by atoms with Gasteiger partial charge in [0.1, 0.15) is 5.75 Å². The fraction of sp³-hybridized carbons (Fsp3) is 0.391. The van der Waals surface area contributed by atoms with E-state index in [2.05, 4.69) is 10.6 Å².